The van der Waals surface area contributed by atoms with Crippen molar-refractivity contribution < 1.29 is 9.84 Å². The number of aliphatic hydroxyl groups excluding tert-OH is 1. The van der Waals surface area contributed by atoms with Crippen molar-refractivity contribution in [1.82, 2.24) is 10.2 Å². The van der Waals surface area contributed by atoms with Crippen LogP contribution in [0.15, 0.2) is 24.3 Å². The van der Waals surface area contributed by atoms with E-state index in [-0.39, 0.29) is 12.1 Å². The topological polar surface area (TPSA) is 44.7 Å². The maximum atomic E-state index is 9.53. The van der Waals surface area contributed by atoms with Crippen molar-refractivity contribution in [2.24, 2.45) is 0 Å². The van der Waals surface area contributed by atoms with Crippen molar-refractivity contribution in [2.45, 2.75) is 26.0 Å². The van der Waals surface area contributed by atoms with Crippen LogP contribution in [0.25, 0.3) is 0 Å². The minimum atomic E-state index is -0.328. The number of hydrogen-bond donors (Lipinski definition) is 2. The molecular weight excluding hydrogens is 252 g/mol. The highest BCUT2D eigenvalue weighted by atomic mass is 16.5. The fourth-order valence-corrected chi connectivity index (χ4v) is 2.61. The molecule has 1 aliphatic heterocycles. The molecule has 0 aromatic heterocycles. The lowest BCUT2D eigenvalue weighted by atomic mass is 10.0. The molecule has 20 heavy (non-hydrogen) atoms. The van der Waals surface area contributed by atoms with Crippen LogP contribution in [-0.4, -0.2) is 55.5 Å². The molecule has 0 radical (unpaired) electrons. The SMILES string of the molecule is Cc1ccccc1[C@@H](CN1CCOCC1)NC[C@@H](C)O. The molecule has 4 nitrogen and oxygen atoms in total. The summed E-state index contributed by atoms with van der Waals surface area (Å²) in [6.45, 7) is 9.14. The van der Waals surface area contributed by atoms with Crippen LogP contribution in [0.3, 0.4) is 0 Å². The zero-order valence-corrected chi connectivity index (χ0v) is 12.5. The number of rotatable bonds is 6. The molecule has 1 heterocycles. The molecule has 112 valence electrons. The first-order valence-corrected chi connectivity index (χ1v) is 7.44. The Balaban J connectivity index is 2.05. The Labute approximate surface area is 121 Å². The standard InChI is InChI=1S/C16H26N2O2/c1-13-5-3-4-6-15(13)16(17-11-14(2)19)12-18-7-9-20-10-8-18/h3-6,14,16-17,19H,7-12H2,1-2H3/t14-,16-/m1/s1. The maximum absolute atomic E-state index is 9.53. The number of ether oxygens (including phenoxy) is 1. The largest absolute Gasteiger partial charge is 0.392 e. The molecule has 1 aromatic rings. The molecule has 0 unspecified atom stereocenters. The van der Waals surface area contributed by atoms with E-state index in [1.54, 1.807) is 0 Å². The summed E-state index contributed by atoms with van der Waals surface area (Å²) >= 11 is 0. The van der Waals surface area contributed by atoms with Crippen LogP contribution in [0, 0.1) is 6.92 Å². The van der Waals surface area contributed by atoms with E-state index in [0.29, 0.717) is 6.54 Å². The first kappa shape index (κ1) is 15.4. The first-order chi connectivity index (χ1) is 9.66. The van der Waals surface area contributed by atoms with E-state index in [1.165, 1.54) is 11.1 Å². The van der Waals surface area contributed by atoms with E-state index in [0.717, 1.165) is 32.8 Å². The summed E-state index contributed by atoms with van der Waals surface area (Å²) in [4.78, 5) is 2.43. The third-order valence-corrected chi connectivity index (χ3v) is 3.77. The number of aryl methyl sites for hydroxylation is 1. The van der Waals surface area contributed by atoms with Gasteiger partial charge in [-0.1, -0.05) is 24.3 Å². The van der Waals surface area contributed by atoms with Crippen LogP contribution in [-0.2, 0) is 4.74 Å². The van der Waals surface area contributed by atoms with Gasteiger partial charge in [0.05, 0.1) is 19.3 Å². The van der Waals surface area contributed by atoms with Crippen molar-refractivity contribution in [3.05, 3.63) is 35.4 Å². The van der Waals surface area contributed by atoms with Gasteiger partial charge in [0.1, 0.15) is 0 Å². The summed E-state index contributed by atoms with van der Waals surface area (Å²) in [5, 5.41) is 13.0. The summed E-state index contributed by atoms with van der Waals surface area (Å²) in [7, 11) is 0. The Hall–Kier alpha value is -0.940. The summed E-state index contributed by atoms with van der Waals surface area (Å²) in [6.07, 6.45) is -0.328. The van der Waals surface area contributed by atoms with E-state index < -0.39 is 0 Å². The zero-order chi connectivity index (χ0) is 14.4. The molecule has 0 aliphatic carbocycles. The zero-order valence-electron chi connectivity index (χ0n) is 12.5. The van der Waals surface area contributed by atoms with Crippen LogP contribution in [0.1, 0.15) is 24.1 Å². The van der Waals surface area contributed by atoms with Gasteiger partial charge in [0.2, 0.25) is 0 Å². The molecular formula is C16H26N2O2. The minimum absolute atomic E-state index is 0.254. The summed E-state index contributed by atoms with van der Waals surface area (Å²) < 4.78 is 5.41. The summed E-state index contributed by atoms with van der Waals surface area (Å²) in [5.74, 6) is 0. The highest BCUT2D eigenvalue weighted by molar-refractivity contribution is 5.29. The number of aliphatic hydroxyl groups is 1. The predicted octanol–water partition coefficient (Wildman–Crippen LogP) is 1.34. The third kappa shape index (κ3) is 4.56. The molecule has 4 heteroatoms. The molecule has 0 spiro atoms. The molecule has 2 N–H and O–H groups in total. The monoisotopic (exact) mass is 278 g/mol. The quantitative estimate of drug-likeness (QED) is 0.824. The number of nitrogens with zero attached hydrogens (tertiary/aromatic N) is 1. The van der Waals surface area contributed by atoms with E-state index in [2.05, 4.69) is 41.4 Å². The van der Waals surface area contributed by atoms with E-state index in [1.807, 2.05) is 6.92 Å². The lowest BCUT2D eigenvalue weighted by Gasteiger charge is -2.32. The highest BCUT2D eigenvalue weighted by Crippen LogP contribution is 2.19. The van der Waals surface area contributed by atoms with Crippen molar-refractivity contribution in [3.63, 3.8) is 0 Å². The number of nitrogens with one attached hydrogen (secondary N) is 1. The van der Waals surface area contributed by atoms with Gasteiger partial charge >= 0.3 is 0 Å². The molecule has 0 bridgehead atoms. The van der Waals surface area contributed by atoms with Gasteiger partial charge in [-0.05, 0) is 25.0 Å². The first-order valence-electron chi connectivity index (χ1n) is 7.44. The van der Waals surface area contributed by atoms with E-state index in [4.69, 9.17) is 4.74 Å². The predicted molar refractivity (Wildman–Crippen MR) is 80.9 cm³/mol. The van der Waals surface area contributed by atoms with E-state index in [9.17, 15) is 5.11 Å². The molecule has 1 aliphatic rings. The van der Waals surface area contributed by atoms with Crippen molar-refractivity contribution in [3.8, 4) is 0 Å². The van der Waals surface area contributed by atoms with Crippen LogP contribution >= 0.6 is 0 Å². The van der Waals surface area contributed by atoms with Crippen LogP contribution in [0.4, 0.5) is 0 Å². The molecule has 2 atom stereocenters. The van der Waals surface area contributed by atoms with Crippen molar-refractivity contribution in [2.75, 3.05) is 39.4 Å². The second-order valence-electron chi connectivity index (χ2n) is 5.58. The smallest absolute Gasteiger partial charge is 0.0636 e. The van der Waals surface area contributed by atoms with Gasteiger partial charge in [-0.3, -0.25) is 4.90 Å². The van der Waals surface area contributed by atoms with Gasteiger partial charge in [-0.15, -0.1) is 0 Å². The van der Waals surface area contributed by atoms with Crippen LogP contribution in [0.2, 0.25) is 0 Å². The number of hydrogen-bond acceptors (Lipinski definition) is 4. The van der Waals surface area contributed by atoms with Crippen LogP contribution < -0.4 is 5.32 Å². The number of morpholine rings is 1. The molecule has 0 saturated carbocycles. The lowest BCUT2D eigenvalue weighted by Crippen LogP contribution is -2.43. The Bertz CT molecular complexity index is 403. The average molecular weight is 278 g/mol. The maximum Gasteiger partial charge on any atom is 0.0636 e. The van der Waals surface area contributed by atoms with Crippen LogP contribution in [0.5, 0.6) is 0 Å². The van der Waals surface area contributed by atoms with Gasteiger partial charge in [-0.2, -0.15) is 0 Å². The van der Waals surface area contributed by atoms with Gasteiger partial charge in [0.25, 0.3) is 0 Å². The number of benzene rings is 1. The molecule has 0 amide bonds. The van der Waals surface area contributed by atoms with E-state index >= 15 is 0 Å². The fourth-order valence-electron chi connectivity index (χ4n) is 2.61. The summed E-state index contributed by atoms with van der Waals surface area (Å²) in [5.41, 5.74) is 2.61. The van der Waals surface area contributed by atoms with Crippen molar-refractivity contribution >= 4 is 0 Å². The normalized spacial score (nSPS) is 19.8. The average Bonchev–Trinajstić information content (AvgIpc) is 2.45. The Morgan fingerprint density at radius 3 is 2.65 bits per heavy atom. The molecule has 1 fully saturated rings. The van der Waals surface area contributed by atoms with Gasteiger partial charge < -0.3 is 15.2 Å². The minimum Gasteiger partial charge on any atom is -0.392 e. The Morgan fingerprint density at radius 2 is 2.00 bits per heavy atom. The Morgan fingerprint density at radius 1 is 1.30 bits per heavy atom. The second-order valence-corrected chi connectivity index (χ2v) is 5.58. The second kappa shape index (κ2) is 7.74. The third-order valence-electron chi connectivity index (χ3n) is 3.77. The summed E-state index contributed by atoms with van der Waals surface area (Å²) in [6, 6.07) is 8.73. The molecule has 2 rings (SSSR count). The lowest BCUT2D eigenvalue weighted by molar-refractivity contribution is 0.0327. The van der Waals surface area contributed by atoms with Gasteiger partial charge in [-0.25, -0.2) is 0 Å². The Kier molecular flexibility index (Phi) is 5.98. The fraction of sp³-hybridized carbons (Fsp3) is 0.625. The van der Waals surface area contributed by atoms with Gasteiger partial charge in [0, 0.05) is 32.2 Å². The molecule has 1 saturated heterocycles. The molecule has 1 aromatic carbocycles. The highest BCUT2D eigenvalue weighted by Gasteiger charge is 2.19. The van der Waals surface area contributed by atoms with Gasteiger partial charge in [0.15, 0.2) is 0 Å². The van der Waals surface area contributed by atoms with Crippen molar-refractivity contribution in [1.29, 1.82) is 0 Å².